The quantitative estimate of drug-likeness (QED) is 0.858. The van der Waals surface area contributed by atoms with Crippen LogP contribution in [0.2, 0.25) is 5.02 Å². The van der Waals surface area contributed by atoms with Crippen LogP contribution >= 0.6 is 22.9 Å². The van der Waals surface area contributed by atoms with E-state index in [9.17, 15) is 4.79 Å². The molecule has 106 valence electrons. The lowest BCUT2D eigenvalue weighted by Crippen LogP contribution is -2.23. The summed E-state index contributed by atoms with van der Waals surface area (Å²) in [6, 6.07) is 6.96. The second kappa shape index (κ2) is 6.83. The van der Waals surface area contributed by atoms with Gasteiger partial charge in [-0.15, -0.1) is 11.3 Å². The molecule has 6 heteroatoms. The van der Waals surface area contributed by atoms with Gasteiger partial charge >= 0.3 is 5.97 Å². The first-order valence-corrected chi connectivity index (χ1v) is 7.42. The van der Waals surface area contributed by atoms with Gasteiger partial charge in [-0.1, -0.05) is 29.8 Å². The molecule has 20 heavy (non-hydrogen) atoms. The van der Waals surface area contributed by atoms with Gasteiger partial charge in [0, 0.05) is 28.7 Å². The number of carboxylic acids is 1. The average Bonchev–Trinajstić information content (AvgIpc) is 2.81. The Hall–Kier alpha value is -1.43. The van der Waals surface area contributed by atoms with Gasteiger partial charge in [0.25, 0.3) is 0 Å². The van der Waals surface area contributed by atoms with Gasteiger partial charge in [-0.25, -0.2) is 4.98 Å². The third-order valence-corrected chi connectivity index (χ3v) is 4.14. The zero-order valence-electron chi connectivity index (χ0n) is 11.0. The summed E-state index contributed by atoms with van der Waals surface area (Å²) in [7, 11) is 0. The molecule has 1 unspecified atom stereocenters. The number of benzene rings is 1. The Morgan fingerprint density at radius 3 is 2.85 bits per heavy atom. The zero-order valence-corrected chi connectivity index (χ0v) is 12.5. The molecule has 1 atom stereocenters. The molecule has 0 aliphatic carbocycles. The highest BCUT2D eigenvalue weighted by Crippen LogP contribution is 2.25. The fraction of sp³-hybridized carbons (Fsp3) is 0.286. The van der Waals surface area contributed by atoms with Crippen LogP contribution in [0.3, 0.4) is 0 Å². The van der Waals surface area contributed by atoms with Crippen LogP contribution in [0.5, 0.6) is 0 Å². The summed E-state index contributed by atoms with van der Waals surface area (Å²) in [5, 5.41) is 15.7. The van der Waals surface area contributed by atoms with Crippen LogP contribution in [0.25, 0.3) is 0 Å². The first-order valence-electron chi connectivity index (χ1n) is 6.17. The van der Waals surface area contributed by atoms with E-state index in [0.717, 1.165) is 16.3 Å². The first kappa shape index (κ1) is 15.0. The second-order valence-electron chi connectivity index (χ2n) is 4.44. The number of rotatable bonds is 6. The number of carboxylic acid groups (broad SMARTS) is 1. The number of halogens is 1. The molecule has 0 aliphatic heterocycles. The summed E-state index contributed by atoms with van der Waals surface area (Å²) in [5.74, 6) is -0.863. The SMILES string of the molecule is Cc1csc(CNC(CC(=O)O)c2ccccc2Cl)n1. The van der Waals surface area contributed by atoms with E-state index >= 15 is 0 Å². The van der Waals surface area contributed by atoms with Crippen LogP contribution in [-0.2, 0) is 11.3 Å². The minimum atomic E-state index is -0.863. The van der Waals surface area contributed by atoms with Gasteiger partial charge in [0.05, 0.1) is 6.42 Å². The van der Waals surface area contributed by atoms with Crippen LogP contribution in [0.4, 0.5) is 0 Å². The Balaban J connectivity index is 2.11. The van der Waals surface area contributed by atoms with Gasteiger partial charge < -0.3 is 10.4 Å². The minimum Gasteiger partial charge on any atom is -0.481 e. The Morgan fingerprint density at radius 1 is 1.50 bits per heavy atom. The number of aliphatic carboxylic acids is 1. The topological polar surface area (TPSA) is 62.2 Å². The van der Waals surface area contributed by atoms with Crippen molar-refractivity contribution in [1.29, 1.82) is 0 Å². The number of carbonyl (C=O) groups is 1. The van der Waals surface area contributed by atoms with Crippen molar-refractivity contribution in [2.45, 2.75) is 25.9 Å². The number of nitrogens with one attached hydrogen (secondary N) is 1. The van der Waals surface area contributed by atoms with Crippen LogP contribution < -0.4 is 5.32 Å². The van der Waals surface area contributed by atoms with E-state index in [2.05, 4.69) is 10.3 Å². The molecule has 0 radical (unpaired) electrons. The molecule has 0 amide bonds. The number of hydrogen-bond acceptors (Lipinski definition) is 4. The van der Waals surface area contributed by atoms with Gasteiger partial charge in [0.15, 0.2) is 0 Å². The van der Waals surface area contributed by atoms with Crippen molar-refractivity contribution in [2.75, 3.05) is 0 Å². The van der Waals surface area contributed by atoms with Crippen molar-refractivity contribution in [2.24, 2.45) is 0 Å². The molecule has 0 saturated heterocycles. The summed E-state index contributed by atoms with van der Waals surface area (Å²) in [5.41, 5.74) is 1.77. The maximum Gasteiger partial charge on any atom is 0.305 e. The Kier molecular flexibility index (Phi) is 5.11. The van der Waals surface area contributed by atoms with Crippen molar-refractivity contribution in [3.8, 4) is 0 Å². The maximum absolute atomic E-state index is 11.0. The van der Waals surface area contributed by atoms with E-state index in [0.29, 0.717) is 11.6 Å². The molecular weight excluding hydrogens is 296 g/mol. The van der Waals surface area contributed by atoms with Crippen molar-refractivity contribution in [1.82, 2.24) is 10.3 Å². The molecule has 0 spiro atoms. The monoisotopic (exact) mass is 310 g/mol. The largest absolute Gasteiger partial charge is 0.481 e. The molecule has 0 fully saturated rings. The third-order valence-electron chi connectivity index (χ3n) is 2.83. The van der Waals surface area contributed by atoms with E-state index in [-0.39, 0.29) is 12.5 Å². The van der Waals surface area contributed by atoms with Gasteiger partial charge in [0.2, 0.25) is 0 Å². The van der Waals surface area contributed by atoms with Crippen LogP contribution in [-0.4, -0.2) is 16.1 Å². The highest BCUT2D eigenvalue weighted by molar-refractivity contribution is 7.09. The standard InChI is InChI=1S/C14H15ClN2O2S/c1-9-8-20-13(17-9)7-16-12(6-14(18)19)10-4-2-3-5-11(10)15/h2-5,8,12,16H,6-7H2,1H3,(H,18,19). The normalized spacial score (nSPS) is 12.3. The number of hydrogen-bond donors (Lipinski definition) is 2. The summed E-state index contributed by atoms with van der Waals surface area (Å²) in [6.07, 6.45) is -0.0198. The summed E-state index contributed by atoms with van der Waals surface area (Å²) in [6.45, 7) is 2.46. The second-order valence-corrected chi connectivity index (χ2v) is 5.79. The predicted octanol–water partition coefficient (Wildman–Crippen LogP) is 3.41. The van der Waals surface area contributed by atoms with E-state index in [1.165, 1.54) is 0 Å². The minimum absolute atomic E-state index is 0.0198. The van der Waals surface area contributed by atoms with Crippen molar-refractivity contribution < 1.29 is 9.90 Å². The molecular formula is C14H15ClN2O2S. The summed E-state index contributed by atoms with van der Waals surface area (Å²) in [4.78, 5) is 15.4. The highest BCUT2D eigenvalue weighted by Gasteiger charge is 2.18. The van der Waals surface area contributed by atoms with Crippen molar-refractivity contribution >= 4 is 28.9 Å². The molecule has 0 aliphatic rings. The zero-order chi connectivity index (χ0) is 14.5. The lowest BCUT2D eigenvalue weighted by Gasteiger charge is -2.18. The maximum atomic E-state index is 11.0. The van der Waals surface area contributed by atoms with Gasteiger partial charge in [0.1, 0.15) is 5.01 Å². The summed E-state index contributed by atoms with van der Waals surface area (Å²) < 4.78 is 0. The van der Waals surface area contributed by atoms with Crippen molar-refractivity contribution in [3.63, 3.8) is 0 Å². The van der Waals surface area contributed by atoms with Gasteiger partial charge in [-0.3, -0.25) is 4.79 Å². The first-order chi connectivity index (χ1) is 9.56. The molecule has 2 N–H and O–H groups in total. The van der Waals surface area contributed by atoms with Crippen LogP contribution in [0, 0.1) is 6.92 Å². The number of aryl methyl sites for hydroxylation is 1. The fourth-order valence-electron chi connectivity index (χ4n) is 1.92. The van der Waals surface area contributed by atoms with Crippen LogP contribution in [0.1, 0.15) is 28.7 Å². The van der Waals surface area contributed by atoms with E-state index in [1.54, 1.807) is 17.4 Å². The lowest BCUT2D eigenvalue weighted by molar-refractivity contribution is -0.137. The van der Waals surface area contributed by atoms with E-state index in [4.69, 9.17) is 16.7 Å². The molecule has 2 aromatic rings. The Labute approximate surface area is 126 Å². The van der Waals surface area contributed by atoms with E-state index < -0.39 is 5.97 Å². The Morgan fingerprint density at radius 2 is 2.25 bits per heavy atom. The van der Waals surface area contributed by atoms with Gasteiger partial charge in [-0.2, -0.15) is 0 Å². The third kappa shape index (κ3) is 4.03. The average molecular weight is 311 g/mol. The van der Waals surface area contributed by atoms with Crippen LogP contribution in [0.15, 0.2) is 29.6 Å². The molecule has 0 bridgehead atoms. The molecule has 0 saturated carbocycles. The number of nitrogens with zero attached hydrogens (tertiary/aromatic N) is 1. The smallest absolute Gasteiger partial charge is 0.305 e. The Bertz CT molecular complexity index is 600. The molecule has 4 nitrogen and oxygen atoms in total. The molecule has 1 aromatic heterocycles. The molecule has 1 heterocycles. The number of thiazole rings is 1. The highest BCUT2D eigenvalue weighted by atomic mass is 35.5. The fourth-order valence-corrected chi connectivity index (χ4v) is 2.91. The van der Waals surface area contributed by atoms with E-state index in [1.807, 2.05) is 30.5 Å². The van der Waals surface area contributed by atoms with Crippen molar-refractivity contribution in [3.05, 3.63) is 50.9 Å². The predicted molar refractivity (Wildman–Crippen MR) is 80.1 cm³/mol. The molecule has 2 rings (SSSR count). The summed E-state index contributed by atoms with van der Waals surface area (Å²) >= 11 is 7.70. The number of aromatic nitrogens is 1. The lowest BCUT2D eigenvalue weighted by atomic mass is 10.0. The van der Waals surface area contributed by atoms with Gasteiger partial charge in [-0.05, 0) is 18.6 Å². The molecule has 1 aromatic carbocycles.